The first-order chi connectivity index (χ1) is 7.58. The summed E-state index contributed by atoms with van der Waals surface area (Å²) in [7, 11) is 1.46. The van der Waals surface area contributed by atoms with Gasteiger partial charge in [0.15, 0.2) is 11.6 Å². The second-order valence-electron chi connectivity index (χ2n) is 4.52. The first-order valence-electron chi connectivity index (χ1n) is 5.65. The van der Waals surface area contributed by atoms with Gasteiger partial charge in [0, 0.05) is 12.0 Å². The monoisotopic (exact) mass is 224 g/mol. The van der Waals surface area contributed by atoms with Crippen molar-refractivity contribution in [3.63, 3.8) is 0 Å². The summed E-state index contributed by atoms with van der Waals surface area (Å²) >= 11 is 0. The Morgan fingerprint density at radius 1 is 1.44 bits per heavy atom. The van der Waals surface area contributed by atoms with E-state index in [1.54, 1.807) is 0 Å². The fourth-order valence-corrected chi connectivity index (χ4v) is 1.95. The van der Waals surface area contributed by atoms with Crippen LogP contribution in [-0.4, -0.2) is 17.8 Å². The van der Waals surface area contributed by atoms with E-state index < -0.39 is 5.60 Å². The van der Waals surface area contributed by atoms with E-state index >= 15 is 0 Å². The second-order valence-corrected chi connectivity index (χ2v) is 4.52. The lowest BCUT2D eigenvalue weighted by Gasteiger charge is -2.14. The molecular formula is C13H17FO2. The molecule has 0 saturated heterocycles. The van der Waals surface area contributed by atoms with E-state index in [2.05, 4.69) is 0 Å². The van der Waals surface area contributed by atoms with Crippen LogP contribution >= 0.6 is 0 Å². The molecule has 0 spiro atoms. The third-order valence-electron chi connectivity index (χ3n) is 3.14. The molecule has 16 heavy (non-hydrogen) atoms. The van der Waals surface area contributed by atoms with Gasteiger partial charge in [-0.15, -0.1) is 0 Å². The molecule has 0 aliphatic heterocycles. The van der Waals surface area contributed by atoms with Gasteiger partial charge >= 0.3 is 0 Å². The molecule has 1 aliphatic carbocycles. The lowest BCUT2D eigenvalue weighted by molar-refractivity contribution is 0.149. The van der Waals surface area contributed by atoms with Crippen molar-refractivity contribution in [2.24, 2.45) is 0 Å². The molecule has 0 aromatic heterocycles. The Labute approximate surface area is 95.1 Å². The number of rotatable bonds is 4. The van der Waals surface area contributed by atoms with E-state index in [0.717, 1.165) is 30.4 Å². The highest BCUT2D eigenvalue weighted by Crippen LogP contribution is 2.40. The van der Waals surface area contributed by atoms with Crippen molar-refractivity contribution in [3.8, 4) is 5.75 Å². The largest absolute Gasteiger partial charge is 0.493 e. The molecule has 1 aromatic rings. The summed E-state index contributed by atoms with van der Waals surface area (Å²) in [5.41, 5.74) is 1.10. The summed E-state index contributed by atoms with van der Waals surface area (Å²) in [5, 5.41) is 9.88. The SMILES string of the molecule is CCc1cc(F)c(OC)c(CC2(O)CC2)c1. The molecule has 2 rings (SSSR count). The first kappa shape index (κ1) is 11.4. The molecule has 1 aromatic carbocycles. The van der Waals surface area contributed by atoms with Crippen molar-refractivity contribution in [1.29, 1.82) is 0 Å². The Morgan fingerprint density at radius 2 is 2.12 bits per heavy atom. The van der Waals surface area contributed by atoms with Crippen LogP contribution in [0, 0.1) is 5.82 Å². The average molecular weight is 224 g/mol. The van der Waals surface area contributed by atoms with Gasteiger partial charge < -0.3 is 9.84 Å². The highest BCUT2D eigenvalue weighted by molar-refractivity contribution is 5.40. The van der Waals surface area contributed by atoms with Gasteiger partial charge in [0.25, 0.3) is 0 Å². The Morgan fingerprint density at radius 3 is 2.62 bits per heavy atom. The molecule has 1 aliphatic rings. The molecule has 0 atom stereocenters. The van der Waals surface area contributed by atoms with Crippen LogP contribution < -0.4 is 4.74 Å². The average Bonchev–Trinajstić information content (AvgIpc) is 2.95. The van der Waals surface area contributed by atoms with Crippen molar-refractivity contribution in [2.45, 2.75) is 38.2 Å². The number of hydrogen-bond acceptors (Lipinski definition) is 2. The van der Waals surface area contributed by atoms with E-state index in [1.165, 1.54) is 13.2 Å². The van der Waals surface area contributed by atoms with Crippen LogP contribution in [0.2, 0.25) is 0 Å². The van der Waals surface area contributed by atoms with Gasteiger partial charge in [-0.25, -0.2) is 4.39 Å². The molecule has 0 amide bonds. The normalized spacial score (nSPS) is 17.2. The van der Waals surface area contributed by atoms with Crippen molar-refractivity contribution in [3.05, 3.63) is 29.1 Å². The van der Waals surface area contributed by atoms with Gasteiger partial charge in [0.1, 0.15) is 0 Å². The van der Waals surface area contributed by atoms with Crippen molar-refractivity contribution < 1.29 is 14.2 Å². The van der Waals surface area contributed by atoms with E-state index in [1.807, 2.05) is 13.0 Å². The Hall–Kier alpha value is -1.09. The van der Waals surface area contributed by atoms with Crippen LogP contribution in [0.4, 0.5) is 4.39 Å². The lowest BCUT2D eigenvalue weighted by Crippen LogP contribution is -2.12. The highest BCUT2D eigenvalue weighted by Gasteiger charge is 2.41. The summed E-state index contributed by atoms with van der Waals surface area (Å²) < 4.78 is 18.8. The maximum atomic E-state index is 13.7. The smallest absolute Gasteiger partial charge is 0.165 e. The van der Waals surface area contributed by atoms with Crippen LogP contribution in [0.3, 0.4) is 0 Å². The molecule has 0 unspecified atom stereocenters. The zero-order chi connectivity index (χ0) is 11.8. The topological polar surface area (TPSA) is 29.5 Å². The summed E-state index contributed by atoms with van der Waals surface area (Å²) in [6.45, 7) is 1.98. The molecule has 3 heteroatoms. The lowest BCUT2D eigenvalue weighted by atomic mass is 10.0. The van der Waals surface area contributed by atoms with Gasteiger partial charge in [-0.2, -0.15) is 0 Å². The van der Waals surface area contributed by atoms with Crippen LogP contribution in [0.5, 0.6) is 5.75 Å². The Kier molecular flexibility index (Phi) is 2.89. The minimum Gasteiger partial charge on any atom is -0.493 e. The number of aliphatic hydroxyl groups is 1. The standard InChI is InChI=1S/C13H17FO2/c1-3-9-6-10(8-13(15)4-5-13)12(16-2)11(14)7-9/h6-7,15H,3-5,8H2,1-2H3. The number of halogens is 1. The van der Waals surface area contributed by atoms with Crippen molar-refractivity contribution in [1.82, 2.24) is 0 Å². The molecular weight excluding hydrogens is 207 g/mol. The summed E-state index contributed by atoms with van der Waals surface area (Å²) in [6.07, 6.45) is 2.87. The number of benzene rings is 1. The second kappa shape index (κ2) is 4.06. The molecule has 0 bridgehead atoms. The number of aryl methyl sites for hydroxylation is 1. The molecule has 1 N–H and O–H groups in total. The van der Waals surface area contributed by atoms with Gasteiger partial charge in [-0.3, -0.25) is 0 Å². The number of methoxy groups -OCH3 is 1. The maximum absolute atomic E-state index is 13.7. The van der Waals surface area contributed by atoms with E-state index in [9.17, 15) is 9.50 Å². The summed E-state index contributed by atoms with van der Waals surface area (Å²) in [4.78, 5) is 0. The summed E-state index contributed by atoms with van der Waals surface area (Å²) in [5.74, 6) is -0.0568. The third-order valence-corrected chi connectivity index (χ3v) is 3.14. The minimum absolute atomic E-state index is 0.275. The predicted octanol–water partition coefficient (Wildman–Crippen LogP) is 2.46. The van der Waals surface area contributed by atoms with Crippen molar-refractivity contribution >= 4 is 0 Å². The van der Waals surface area contributed by atoms with E-state index in [0.29, 0.717) is 6.42 Å². The van der Waals surface area contributed by atoms with Crippen LogP contribution in [0.1, 0.15) is 30.9 Å². The zero-order valence-electron chi connectivity index (χ0n) is 9.72. The maximum Gasteiger partial charge on any atom is 0.165 e. The van der Waals surface area contributed by atoms with E-state index in [-0.39, 0.29) is 11.6 Å². The van der Waals surface area contributed by atoms with Crippen molar-refractivity contribution in [2.75, 3.05) is 7.11 Å². The minimum atomic E-state index is -0.619. The Bertz CT molecular complexity index is 397. The quantitative estimate of drug-likeness (QED) is 0.851. The molecule has 0 radical (unpaired) electrons. The third kappa shape index (κ3) is 2.19. The van der Waals surface area contributed by atoms with Gasteiger partial charge in [-0.05, 0) is 30.9 Å². The van der Waals surface area contributed by atoms with Gasteiger partial charge in [-0.1, -0.05) is 13.0 Å². The van der Waals surface area contributed by atoms with Crippen LogP contribution in [0.15, 0.2) is 12.1 Å². The van der Waals surface area contributed by atoms with Gasteiger partial charge in [0.2, 0.25) is 0 Å². The summed E-state index contributed by atoms with van der Waals surface area (Å²) in [6, 6.07) is 3.43. The fraction of sp³-hybridized carbons (Fsp3) is 0.538. The molecule has 0 heterocycles. The number of ether oxygens (including phenoxy) is 1. The zero-order valence-corrected chi connectivity index (χ0v) is 9.72. The first-order valence-corrected chi connectivity index (χ1v) is 5.65. The van der Waals surface area contributed by atoms with Crippen LogP contribution in [0.25, 0.3) is 0 Å². The van der Waals surface area contributed by atoms with E-state index in [4.69, 9.17) is 4.74 Å². The molecule has 1 saturated carbocycles. The van der Waals surface area contributed by atoms with Crippen LogP contribution in [-0.2, 0) is 12.8 Å². The number of hydrogen-bond donors (Lipinski definition) is 1. The molecule has 2 nitrogen and oxygen atoms in total. The highest BCUT2D eigenvalue weighted by atomic mass is 19.1. The molecule has 88 valence electrons. The van der Waals surface area contributed by atoms with Gasteiger partial charge in [0.05, 0.1) is 12.7 Å². The Balaban J connectivity index is 2.35. The fourth-order valence-electron chi connectivity index (χ4n) is 1.95. The predicted molar refractivity (Wildman–Crippen MR) is 60.2 cm³/mol. The molecule has 1 fully saturated rings.